The van der Waals surface area contributed by atoms with Gasteiger partial charge < -0.3 is 10.1 Å². The molecule has 1 aliphatic heterocycles. The number of nitro groups is 1. The van der Waals surface area contributed by atoms with E-state index in [0.29, 0.717) is 0 Å². The molecule has 19 heavy (non-hydrogen) atoms. The van der Waals surface area contributed by atoms with Gasteiger partial charge in [0.25, 0.3) is 0 Å². The largest absolute Gasteiger partial charge is 0.408 e. The van der Waals surface area contributed by atoms with E-state index in [2.05, 4.69) is 14.6 Å². The van der Waals surface area contributed by atoms with Crippen molar-refractivity contribution in [1.82, 2.24) is 0 Å². The summed E-state index contributed by atoms with van der Waals surface area (Å²) in [5, 5.41) is 17.9. The highest BCUT2D eigenvalue weighted by Crippen LogP contribution is 2.42. The third-order valence-corrected chi connectivity index (χ3v) is 4.21. The molecule has 0 saturated heterocycles. The maximum atomic E-state index is 13.3. The summed E-state index contributed by atoms with van der Waals surface area (Å²) >= 11 is 5.70. The van der Waals surface area contributed by atoms with Crippen molar-refractivity contribution in [2.24, 2.45) is 14.6 Å². The van der Waals surface area contributed by atoms with Gasteiger partial charge in [-0.15, -0.1) is 0 Å². The number of hydrogen-bond donors (Lipinski definition) is 0. The zero-order valence-electron chi connectivity index (χ0n) is 8.99. The van der Waals surface area contributed by atoms with Crippen molar-refractivity contribution in [1.29, 1.82) is 0 Å². The molecule has 0 fully saturated rings. The van der Waals surface area contributed by atoms with Crippen LogP contribution in [0, 0.1) is 15.9 Å². The summed E-state index contributed by atoms with van der Waals surface area (Å²) < 4.78 is 17.0. The Hall–Kier alpha value is -1.45. The number of allylic oxidation sites excluding steroid dienone is 1. The summed E-state index contributed by atoms with van der Waals surface area (Å²) in [6.45, 7) is 0. The van der Waals surface area contributed by atoms with Crippen LogP contribution in [0.1, 0.15) is 0 Å². The summed E-state index contributed by atoms with van der Waals surface area (Å²) in [6, 6.07) is 5.56. The Morgan fingerprint density at radius 1 is 1.47 bits per heavy atom. The number of rotatable bonds is 3. The van der Waals surface area contributed by atoms with E-state index >= 15 is 0 Å². The smallest absolute Gasteiger partial charge is 0.358 e. The van der Waals surface area contributed by atoms with Crippen LogP contribution in [0.3, 0.4) is 0 Å². The van der Waals surface area contributed by atoms with E-state index in [1.54, 1.807) is 6.07 Å². The van der Waals surface area contributed by atoms with Crippen LogP contribution in [-0.4, -0.2) is 10.1 Å². The molecule has 1 aromatic rings. The van der Waals surface area contributed by atoms with Crippen LogP contribution < -0.4 is 0 Å². The molecule has 1 aromatic carbocycles. The van der Waals surface area contributed by atoms with E-state index < -0.39 is 16.6 Å². The Kier molecular flexibility index (Phi) is 4.51. The molecule has 0 radical (unpaired) electrons. The van der Waals surface area contributed by atoms with E-state index in [4.69, 9.17) is 11.6 Å². The van der Waals surface area contributed by atoms with Crippen LogP contribution in [0.5, 0.6) is 0 Å². The first-order valence-corrected chi connectivity index (χ1v) is 7.20. The number of hydrogen-bond acceptors (Lipinski definition) is 7. The molecule has 0 saturated carbocycles. The molecular formula is C9H4ClFN4O2S2. The van der Waals surface area contributed by atoms with Crippen molar-refractivity contribution >= 4 is 44.2 Å². The molecule has 0 aromatic heterocycles. The molecule has 0 spiro atoms. The van der Waals surface area contributed by atoms with Gasteiger partial charge in [0.2, 0.25) is 0 Å². The fourth-order valence-electron chi connectivity index (χ4n) is 1.09. The molecule has 0 aliphatic carbocycles. The number of halogens is 2. The standard InChI is InChI=1S/C9H4ClFN4O2S2/c10-8-7(18-19-14-8)9(15(16)17)13-12-6-4-2-1-3-5(6)11/h1-4H/b9-7+,13-12?. The van der Waals surface area contributed by atoms with E-state index in [9.17, 15) is 14.5 Å². The summed E-state index contributed by atoms with van der Waals surface area (Å²) in [4.78, 5) is 10.3. The van der Waals surface area contributed by atoms with Gasteiger partial charge in [-0.05, 0) is 33.0 Å². The zero-order chi connectivity index (χ0) is 13.8. The zero-order valence-corrected chi connectivity index (χ0v) is 11.4. The van der Waals surface area contributed by atoms with Crippen molar-refractivity contribution < 1.29 is 9.31 Å². The maximum Gasteiger partial charge on any atom is 0.408 e. The van der Waals surface area contributed by atoms with E-state index in [0.717, 1.165) is 21.8 Å². The van der Waals surface area contributed by atoms with Gasteiger partial charge in [0.1, 0.15) is 5.69 Å². The molecule has 0 N–H and O–H groups in total. The fourth-order valence-corrected chi connectivity index (χ4v) is 3.31. The van der Waals surface area contributed by atoms with Gasteiger partial charge in [0.15, 0.2) is 15.9 Å². The molecule has 1 aliphatic rings. The predicted octanol–water partition coefficient (Wildman–Crippen LogP) is 4.30. The van der Waals surface area contributed by atoms with Gasteiger partial charge >= 0.3 is 5.82 Å². The first kappa shape index (κ1) is 14.0. The molecule has 10 heteroatoms. The average Bonchev–Trinajstić information content (AvgIpc) is 2.78. The fraction of sp³-hybridized carbons (Fsp3) is 0. The second kappa shape index (κ2) is 6.13. The monoisotopic (exact) mass is 318 g/mol. The lowest BCUT2D eigenvalue weighted by Crippen LogP contribution is -2.01. The Morgan fingerprint density at radius 2 is 2.21 bits per heavy atom. The first-order valence-electron chi connectivity index (χ1n) is 4.72. The summed E-state index contributed by atoms with van der Waals surface area (Å²) in [7, 11) is 1.99. The highest BCUT2D eigenvalue weighted by atomic mass is 35.5. The molecule has 0 bridgehead atoms. The molecule has 98 valence electrons. The minimum atomic E-state index is -0.740. The Labute approximate surface area is 119 Å². The van der Waals surface area contributed by atoms with Crippen LogP contribution in [0.2, 0.25) is 0 Å². The van der Waals surface area contributed by atoms with Crippen LogP contribution in [0.15, 0.2) is 49.6 Å². The number of nitrogens with zero attached hydrogens (tertiary/aromatic N) is 4. The molecule has 0 atom stereocenters. The van der Waals surface area contributed by atoms with E-state index in [-0.39, 0.29) is 15.8 Å². The lowest BCUT2D eigenvalue weighted by Gasteiger charge is -1.95. The molecule has 0 amide bonds. The second-order valence-electron chi connectivity index (χ2n) is 3.10. The molecule has 0 unspecified atom stereocenters. The van der Waals surface area contributed by atoms with Gasteiger partial charge in [0.05, 0.1) is 16.1 Å². The Morgan fingerprint density at radius 3 is 2.79 bits per heavy atom. The average molecular weight is 319 g/mol. The summed E-state index contributed by atoms with van der Waals surface area (Å²) in [5.74, 6) is -1.18. The van der Waals surface area contributed by atoms with Crippen molar-refractivity contribution in [3.8, 4) is 0 Å². The predicted molar refractivity (Wildman–Crippen MR) is 73.4 cm³/mol. The van der Waals surface area contributed by atoms with Crippen LogP contribution in [0.4, 0.5) is 10.1 Å². The van der Waals surface area contributed by atoms with Crippen molar-refractivity contribution in [3.63, 3.8) is 0 Å². The normalized spacial score (nSPS) is 17.7. The highest BCUT2D eigenvalue weighted by molar-refractivity contribution is 8.78. The van der Waals surface area contributed by atoms with Crippen LogP contribution in [-0.2, 0) is 0 Å². The van der Waals surface area contributed by atoms with Crippen molar-refractivity contribution in [2.75, 3.05) is 0 Å². The van der Waals surface area contributed by atoms with Crippen LogP contribution >= 0.6 is 33.4 Å². The first-order chi connectivity index (χ1) is 9.09. The molecule has 1 heterocycles. The van der Waals surface area contributed by atoms with E-state index in [1.165, 1.54) is 18.2 Å². The second-order valence-corrected chi connectivity index (χ2v) is 5.31. The lowest BCUT2D eigenvalue weighted by molar-refractivity contribution is -0.426. The van der Waals surface area contributed by atoms with Gasteiger partial charge in [0, 0.05) is 0 Å². The van der Waals surface area contributed by atoms with Gasteiger partial charge in [-0.25, -0.2) is 4.39 Å². The minimum absolute atomic E-state index is 0.0193. The topological polar surface area (TPSA) is 80.2 Å². The summed E-state index contributed by atoms with van der Waals surface area (Å²) in [5.41, 5.74) is -0.0915. The lowest BCUT2D eigenvalue weighted by atomic mass is 10.3. The maximum absolute atomic E-state index is 13.3. The molecule has 2 rings (SSSR count). The van der Waals surface area contributed by atoms with Crippen LogP contribution in [0.25, 0.3) is 0 Å². The molecular weight excluding hydrogens is 315 g/mol. The summed E-state index contributed by atoms with van der Waals surface area (Å²) in [6.07, 6.45) is 0. The Bertz CT molecular complexity index is 620. The van der Waals surface area contributed by atoms with Gasteiger partial charge in [-0.2, -0.15) is 4.40 Å². The minimum Gasteiger partial charge on any atom is -0.358 e. The number of azo groups is 1. The van der Waals surface area contributed by atoms with E-state index in [1.807, 2.05) is 0 Å². The quantitative estimate of drug-likeness (QED) is 0.273. The Balaban J connectivity index is 2.36. The van der Waals surface area contributed by atoms with Gasteiger partial charge in [-0.1, -0.05) is 23.7 Å². The highest BCUT2D eigenvalue weighted by Gasteiger charge is 2.27. The third kappa shape index (κ3) is 3.31. The third-order valence-electron chi connectivity index (χ3n) is 1.91. The van der Waals surface area contributed by atoms with Crippen molar-refractivity contribution in [2.45, 2.75) is 0 Å². The molecule has 6 nitrogen and oxygen atoms in total. The van der Waals surface area contributed by atoms with Crippen molar-refractivity contribution in [3.05, 3.63) is 50.9 Å². The SMILES string of the molecule is O=[N+]([O-])/C(N=Nc1ccccc1F)=C1/SSN=C1Cl. The number of benzene rings is 1. The van der Waals surface area contributed by atoms with Gasteiger partial charge in [-0.3, -0.25) is 0 Å².